The lowest BCUT2D eigenvalue weighted by atomic mass is 9.81. The number of nitrogens with one attached hydrogen (secondary N) is 1. The number of hydrogen-bond acceptors (Lipinski definition) is 5. The third kappa shape index (κ3) is 3.76. The minimum atomic E-state index is -4.58. The number of aliphatic imine (C=N–C) groups is 1. The fraction of sp³-hybridized carbons (Fsp3) is 0.350. The molecule has 0 unspecified atom stereocenters. The number of alkyl halides is 3. The van der Waals surface area contributed by atoms with Crippen molar-refractivity contribution < 1.29 is 22.4 Å². The smallest absolute Gasteiger partial charge is 0.379 e. The lowest BCUT2D eigenvalue weighted by Gasteiger charge is -2.36. The van der Waals surface area contributed by atoms with Gasteiger partial charge in [0.1, 0.15) is 11.5 Å². The maximum absolute atomic E-state index is 14.8. The number of rotatable bonds is 3. The number of halogens is 4. The number of amidine groups is 1. The molecule has 2 aromatic rings. The molecule has 3 N–H and O–H groups in total. The number of anilines is 1. The molecule has 1 aliphatic heterocycles. The molecule has 0 saturated heterocycles. The summed E-state index contributed by atoms with van der Waals surface area (Å²) in [6.07, 6.45) is -1.25. The Balaban J connectivity index is 1.61. The number of carbonyl (C=O) groups is 1. The quantitative estimate of drug-likeness (QED) is 0.689. The molecule has 1 aromatic carbocycles. The summed E-state index contributed by atoms with van der Waals surface area (Å²) in [5.41, 5.74) is 4.75. The number of nitrogens with zero attached hydrogens (tertiary/aromatic N) is 2. The number of aromatic nitrogens is 1. The number of nitrogens with two attached hydrogens (primary N) is 1. The van der Waals surface area contributed by atoms with Gasteiger partial charge in [-0.1, -0.05) is 18.2 Å². The first-order valence-electron chi connectivity index (χ1n) is 9.32. The molecule has 1 amide bonds. The Morgan fingerprint density at radius 3 is 2.77 bits per heavy atom. The Labute approximate surface area is 174 Å². The molecule has 2 heterocycles. The second-order valence-electron chi connectivity index (χ2n) is 7.35. The molecule has 2 atom stereocenters. The van der Waals surface area contributed by atoms with Crippen LogP contribution in [-0.2, 0) is 11.7 Å². The molecule has 0 bridgehead atoms. The average molecular weight is 438 g/mol. The Morgan fingerprint density at radius 1 is 1.27 bits per heavy atom. The standard InChI is InChI=1S/C20H18F4N4OS/c21-15-5-4-13(27-17(29)11-3-6-16(26-9-11)20(22,23)24)8-14(15)19-7-1-2-12(19)10-30-18(25)28-19/h3-6,8-9,12H,1-2,7,10H2,(H2,25,28)(H,27,29)/t12-,19-/m0/s1. The van der Waals surface area contributed by atoms with Crippen LogP contribution in [0.4, 0.5) is 23.2 Å². The lowest BCUT2D eigenvalue weighted by Crippen LogP contribution is -2.37. The summed E-state index contributed by atoms with van der Waals surface area (Å²) in [7, 11) is 0. The van der Waals surface area contributed by atoms with Crippen molar-refractivity contribution >= 4 is 28.5 Å². The fourth-order valence-electron chi connectivity index (χ4n) is 4.09. The van der Waals surface area contributed by atoms with Gasteiger partial charge in [0.25, 0.3) is 5.91 Å². The Bertz CT molecular complexity index is 1010. The summed E-state index contributed by atoms with van der Waals surface area (Å²) in [5, 5.41) is 3.01. The van der Waals surface area contributed by atoms with Gasteiger partial charge in [-0.2, -0.15) is 13.2 Å². The van der Waals surface area contributed by atoms with Gasteiger partial charge in [-0.3, -0.25) is 14.8 Å². The second-order valence-corrected chi connectivity index (χ2v) is 8.39. The van der Waals surface area contributed by atoms with E-state index in [4.69, 9.17) is 5.73 Å². The zero-order valence-electron chi connectivity index (χ0n) is 15.7. The summed E-state index contributed by atoms with van der Waals surface area (Å²) < 4.78 is 52.7. The summed E-state index contributed by atoms with van der Waals surface area (Å²) >= 11 is 1.46. The fourth-order valence-corrected chi connectivity index (χ4v) is 5.13. The third-order valence-electron chi connectivity index (χ3n) is 5.53. The largest absolute Gasteiger partial charge is 0.433 e. The zero-order chi connectivity index (χ0) is 21.5. The van der Waals surface area contributed by atoms with E-state index in [0.29, 0.717) is 22.8 Å². The van der Waals surface area contributed by atoms with E-state index < -0.39 is 29.1 Å². The molecule has 30 heavy (non-hydrogen) atoms. The van der Waals surface area contributed by atoms with Gasteiger partial charge in [0, 0.05) is 23.2 Å². The van der Waals surface area contributed by atoms with E-state index >= 15 is 0 Å². The number of benzene rings is 1. The van der Waals surface area contributed by atoms with E-state index in [2.05, 4.69) is 15.3 Å². The first-order chi connectivity index (χ1) is 14.2. The Morgan fingerprint density at radius 2 is 2.07 bits per heavy atom. The van der Waals surface area contributed by atoms with Crippen molar-refractivity contribution in [1.82, 2.24) is 4.98 Å². The number of thioether (sulfide) groups is 1. The van der Waals surface area contributed by atoms with Crippen LogP contribution in [0.3, 0.4) is 0 Å². The molecule has 158 valence electrons. The maximum atomic E-state index is 14.8. The van der Waals surface area contributed by atoms with Gasteiger partial charge in [-0.15, -0.1) is 0 Å². The highest BCUT2D eigenvalue weighted by molar-refractivity contribution is 8.13. The van der Waals surface area contributed by atoms with Crippen LogP contribution in [0.5, 0.6) is 0 Å². The lowest BCUT2D eigenvalue weighted by molar-refractivity contribution is -0.141. The van der Waals surface area contributed by atoms with Crippen molar-refractivity contribution in [2.75, 3.05) is 11.1 Å². The molecule has 10 heteroatoms. The average Bonchev–Trinajstić information content (AvgIpc) is 3.12. The van der Waals surface area contributed by atoms with Crippen LogP contribution in [0.2, 0.25) is 0 Å². The van der Waals surface area contributed by atoms with Crippen LogP contribution in [0.25, 0.3) is 0 Å². The first kappa shape index (κ1) is 20.6. The molecular weight excluding hydrogens is 420 g/mol. The molecular formula is C20H18F4N4OS. The summed E-state index contributed by atoms with van der Waals surface area (Å²) in [4.78, 5) is 20.3. The van der Waals surface area contributed by atoms with E-state index in [1.165, 1.54) is 30.0 Å². The van der Waals surface area contributed by atoms with Crippen molar-refractivity contribution in [2.45, 2.75) is 31.0 Å². The molecule has 5 nitrogen and oxygen atoms in total. The first-order valence-corrected chi connectivity index (χ1v) is 10.3. The molecule has 1 aromatic heterocycles. The van der Waals surface area contributed by atoms with Gasteiger partial charge in [-0.25, -0.2) is 4.39 Å². The van der Waals surface area contributed by atoms with Gasteiger partial charge in [-0.05, 0) is 49.1 Å². The summed E-state index contributed by atoms with van der Waals surface area (Å²) in [6.45, 7) is 0. The molecule has 0 spiro atoms. The number of fused-ring (bicyclic) bond motifs is 1. The number of carbonyl (C=O) groups excluding carboxylic acids is 1. The van der Waals surface area contributed by atoms with Crippen molar-refractivity contribution in [3.05, 3.63) is 59.2 Å². The summed E-state index contributed by atoms with van der Waals surface area (Å²) in [6, 6.07) is 5.98. The molecule has 1 saturated carbocycles. The Kier molecular flexibility index (Phi) is 5.21. The van der Waals surface area contributed by atoms with E-state index in [1.807, 2.05) is 0 Å². The number of hydrogen-bond donors (Lipinski definition) is 2. The van der Waals surface area contributed by atoms with E-state index in [0.717, 1.165) is 36.9 Å². The molecule has 2 aliphatic rings. The van der Waals surface area contributed by atoms with Crippen molar-refractivity contribution in [2.24, 2.45) is 16.6 Å². The summed E-state index contributed by atoms with van der Waals surface area (Å²) in [5.74, 6) is -0.173. The van der Waals surface area contributed by atoms with Gasteiger partial charge in [0.05, 0.1) is 11.1 Å². The molecule has 4 rings (SSSR count). The monoisotopic (exact) mass is 438 g/mol. The van der Waals surface area contributed by atoms with Gasteiger partial charge in [0.15, 0.2) is 5.17 Å². The van der Waals surface area contributed by atoms with Crippen LogP contribution >= 0.6 is 11.8 Å². The topological polar surface area (TPSA) is 80.4 Å². The minimum Gasteiger partial charge on any atom is -0.379 e. The zero-order valence-corrected chi connectivity index (χ0v) is 16.5. The van der Waals surface area contributed by atoms with Crippen molar-refractivity contribution in [1.29, 1.82) is 0 Å². The van der Waals surface area contributed by atoms with Crippen LogP contribution in [0, 0.1) is 11.7 Å². The third-order valence-corrected chi connectivity index (χ3v) is 6.49. The second kappa shape index (κ2) is 7.57. The van der Waals surface area contributed by atoms with Gasteiger partial charge < -0.3 is 11.1 Å². The van der Waals surface area contributed by atoms with Crippen LogP contribution in [0.15, 0.2) is 41.5 Å². The highest BCUT2D eigenvalue weighted by Gasteiger charge is 2.48. The molecule has 0 radical (unpaired) electrons. The van der Waals surface area contributed by atoms with Crippen LogP contribution < -0.4 is 11.1 Å². The maximum Gasteiger partial charge on any atom is 0.433 e. The van der Waals surface area contributed by atoms with Crippen molar-refractivity contribution in [3.63, 3.8) is 0 Å². The van der Waals surface area contributed by atoms with Crippen molar-refractivity contribution in [3.8, 4) is 0 Å². The predicted octanol–water partition coefficient (Wildman–Crippen LogP) is 4.55. The minimum absolute atomic E-state index is 0.0397. The molecule has 1 fully saturated rings. The highest BCUT2D eigenvalue weighted by atomic mass is 32.2. The van der Waals surface area contributed by atoms with E-state index in [1.54, 1.807) is 0 Å². The number of pyridine rings is 1. The normalized spacial score (nSPS) is 23.6. The van der Waals surface area contributed by atoms with Crippen LogP contribution in [-0.4, -0.2) is 21.8 Å². The highest BCUT2D eigenvalue weighted by Crippen LogP contribution is 2.51. The molecule has 1 aliphatic carbocycles. The van der Waals surface area contributed by atoms with E-state index in [9.17, 15) is 22.4 Å². The van der Waals surface area contributed by atoms with E-state index in [-0.39, 0.29) is 11.5 Å². The van der Waals surface area contributed by atoms with Gasteiger partial charge in [0.2, 0.25) is 0 Å². The predicted molar refractivity (Wildman–Crippen MR) is 107 cm³/mol. The van der Waals surface area contributed by atoms with Gasteiger partial charge >= 0.3 is 6.18 Å². The Hall–Kier alpha value is -2.62. The van der Waals surface area contributed by atoms with Crippen LogP contribution in [0.1, 0.15) is 40.9 Å². The SMILES string of the molecule is NC1=N[C@@]2(c3cc(NC(=O)c4ccc(C(F)(F)F)nc4)ccc3F)CCC[C@H]2CS1. The number of amides is 1.